The predicted molar refractivity (Wildman–Crippen MR) is 123 cm³/mol. The van der Waals surface area contributed by atoms with Crippen LogP contribution in [0.4, 0.5) is 11.4 Å². The van der Waals surface area contributed by atoms with Crippen LogP contribution in [0.5, 0.6) is 5.75 Å². The second kappa shape index (κ2) is 9.96. The van der Waals surface area contributed by atoms with Crippen molar-refractivity contribution in [2.24, 2.45) is 5.92 Å². The smallest absolute Gasteiger partial charge is 0.253 e. The van der Waals surface area contributed by atoms with Crippen LogP contribution in [0.3, 0.4) is 0 Å². The van der Waals surface area contributed by atoms with Crippen LogP contribution < -0.4 is 20.3 Å². The second-order valence-corrected chi connectivity index (χ2v) is 8.55. The number of carbonyl (C=O) groups excluding carboxylic acids is 3. The fourth-order valence-electron chi connectivity index (χ4n) is 3.50. The van der Waals surface area contributed by atoms with Gasteiger partial charge < -0.3 is 20.3 Å². The van der Waals surface area contributed by atoms with Crippen LogP contribution in [0, 0.1) is 5.92 Å². The molecular formula is C23H26BrN3O4. The molecule has 3 rings (SSSR count). The van der Waals surface area contributed by atoms with Crippen molar-refractivity contribution in [3.63, 3.8) is 0 Å². The molecule has 0 aliphatic carbocycles. The van der Waals surface area contributed by atoms with E-state index < -0.39 is 6.04 Å². The summed E-state index contributed by atoms with van der Waals surface area (Å²) in [5.41, 5.74) is 1.67. The molecule has 0 bridgehead atoms. The van der Waals surface area contributed by atoms with Crippen molar-refractivity contribution in [2.45, 2.75) is 32.7 Å². The molecule has 2 N–H and O–H groups in total. The minimum atomic E-state index is -0.731. The summed E-state index contributed by atoms with van der Waals surface area (Å²) in [7, 11) is 1.53. The third kappa shape index (κ3) is 5.25. The minimum absolute atomic E-state index is 0.0599. The lowest BCUT2D eigenvalue weighted by atomic mass is 10.0. The highest BCUT2D eigenvalue weighted by Gasteiger charge is 2.27. The Morgan fingerprint density at radius 3 is 2.52 bits per heavy atom. The van der Waals surface area contributed by atoms with Gasteiger partial charge in [-0.15, -0.1) is 0 Å². The lowest BCUT2D eigenvalue weighted by molar-refractivity contribution is -0.119. The minimum Gasteiger partial charge on any atom is -0.494 e. The van der Waals surface area contributed by atoms with Gasteiger partial charge in [-0.1, -0.05) is 26.0 Å². The van der Waals surface area contributed by atoms with Crippen molar-refractivity contribution in [3.05, 3.63) is 52.5 Å². The summed E-state index contributed by atoms with van der Waals surface area (Å²) in [4.78, 5) is 39.4. The van der Waals surface area contributed by atoms with Gasteiger partial charge in [-0.05, 0) is 52.5 Å². The average molecular weight is 488 g/mol. The molecule has 31 heavy (non-hydrogen) atoms. The van der Waals surface area contributed by atoms with Gasteiger partial charge in [0, 0.05) is 29.2 Å². The van der Waals surface area contributed by atoms with Crippen LogP contribution in [0.15, 0.2) is 46.9 Å². The van der Waals surface area contributed by atoms with Gasteiger partial charge in [-0.25, -0.2) is 0 Å². The second-order valence-electron chi connectivity index (χ2n) is 7.70. The number of nitrogens with one attached hydrogen (secondary N) is 2. The van der Waals surface area contributed by atoms with Crippen molar-refractivity contribution in [1.82, 2.24) is 5.32 Å². The van der Waals surface area contributed by atoms with Crippen LogP contribution in [0.25, 0.3) is 0 Å². The monoisotopic (exact) mass is 487 g/mol. The Hall–Kier alpha value is -2.87. The number of anilines is 2. The average Bonchev–Trinajstić information content (AvgIpc) is 3.17. The summed E-state index contributed by atoms with van der Waals surface area (Å²) >= 11 is 3.37. The first kappa shape index (κ1) is 22.8. The van der Waals surface area contributed by atoms with Crippen LogP contribution in [0.1, 0.15) is 37.0 Å². The van der Waals surface area contributed by atoms with Crippen molar-refractivity contribution in [3.8, 4) is 5.75 Å². The highest BCUT2D eigenvalue weighted by molar-refractivity contribution is 9.10. The molecule has 1 saturated heterocycles. The Balaban J connectivity index is 1.75. The van der Waals surface area contributed by atoms with E-state index in [1.807, 2.05) is 19.9 Å². The normalized spacial score (nSPS) is 14.5. The van der Waals surface area contributed by atoms with E-state index in [4.69, 9.17) is 4.74 Å². The third-order valence-corrected chi connectivity index (χ3v) is 5.86. The highest BCUT2D eigenvalue weighted by atomic mass is 79.9. The number of hydrogen-bond donors (Lipinski definition) is 2. The number of ether oxygens (including phenoxy) is 1. The molecule has 2 aromatic carbocycles. The zero-order valence-corrected chi connectivity index (χ0v) is 19.4. The number of nitrogens with zero attached hydrogens (tertiary/aromatic N) is 1. The Morgan fingerprint density at radius 1 is 1.16 bits per heavy atom. The lowest BCUT2D eigenvalue weighted by Gasteiger charge is -2.23. The number of rotatable bonds is 7. The maximum atomic E-state index is 13.0. The van der Waals surface area contributed by atoms with Gasteiger partial charge in [0.2, 0.25) is 11.8 Å². The van der Waals surface area contributed by atoms with Gasteiger partial charge in [-0.3, -0.25) is 14.4 Å². The van der Waals surface area contributed by atoms with Crippen molar-refractivity contribution < 1.29 is 19.1 Å². The van der Waals surface area contributed by atoms with E-state index in [9.17, 15) is 14.4 Å². The summed E-state index contributed by atoms with van der Waals surface area (Å²) < 4.78 is 6.11. The Kier molecular flexibility index (Phi) is 7.33. The molecule has 0 spiro atoms. The molecule has 7 nitrogen and oxygen atoms in total. The summed E-state index contributed by atoms with van der Waals surface area (Å²) in [6.07, 6.45) is 1.34. The highest BCUT2D eigenvalue weighted by Crippen LogP contribution is 2.34. The number of halogens is 1. The molecule has 1 atom stereocenters. The molecule has 0 saturated carbocycles. The fraction of sp³-hybridized carbons (Fsp3) is 0.348. The molecule has 8 heteroatoms. The van der Waals surface area contributed by atoms with E-state index >= 15 is 0 Å². The molecule has 1 aliphatic rings. The van der Waals surface area contributed by atoms with E-state index in [1.54, 1.807) is 41.3 Å². The van der Waals surface area contributed by atoms with Gasteiger partial charge in [0.1, 0.15) is 11.8 Å². The summed E-state index contributed by atoms with van der Waals surface area (Å²) in [6.45, 7) is 4.39. The number of benzene rings is 2. The first-order chi connectivity index (χ1) is 14.8. The SMILES string of the molecule is COc1cc(NC(=O)[C@@H](NC(=O)c2ccccc2Br)C(C)C)ccc1N1CCCC1=O. The molecule has 164 valence electrons. The zero-order valence-electron chi connectivity index (χ0n) is 17.8. The van der Waals surface area contributed by atoms with Gasteiger partial charge in [-0.2, -0.15) is 0 Å². The van der Waals surface area contributed by atoms with Gasteiger partial charge >= 0.3 is 0 Å². The van der Waals surface area contributed by atoms with Crippen molar-refractivity contribution in [1.29, 1.82) is 0 Å². The first-order valence-electron chi connectivity index (χ1n) is 10.2. The standard InChI is InChI=1S/C23H26BrN3O4/c1-14(2)21(26-22(29)16-7-4-5-8-17(16)24)23(30)25-15-10-11-18(19(13-15)31-3)27-12-6-9-20(27)28/h4-5,7-8,10-11,13-14,21H,6,9,12H2,1-3H3,(H,25,30)(H,26,29)/t21-/m0/s1. The van der Waals surface area contributed by atoms with E-state index in [0.29, 0.717) is 40.1 Å². The van der Waals surface area contributed by atoms with E-state index in [2.05, 4.69) is 26.6 Å². The molecule has 1 fully saturated rings. The summed E-state index contributed by atoms with van der Waals surface area (Å²) in [5, 5.41) is 5.67. The number of carbonyl (C=O) groups is 3. The van der Waals surface area contributed by atoms with E-state index in [0.717, 1.165) is 6.42 Å². The topological polar surface area (TPSA) is 87.7 Å². The van der Waals surface area contributed by atoms with E-state index in [1.165, 1.54) is 7.11 Å². The van der Waals surface area contributed by atoms with E-state index in [-0.39, 0.29) is 23.6 Å². The number of methoxy groups -OCH3 is 1. The van der Waals surface area contributed by atoms with Crippen LogP contribution in [-0.4, -0.2) is 37.4 Å². The third-order valence-electron chi connectivity index (χ3n) is 5.17. The summed E-state index contributed by atoms with van der Waals surface area (Å²) in [5.74, 6) is -0.227. The molecule has 2 aromatic rings. The largest absolute Gasteiger partial charge is 0.494 e. The molecule has 0 radical (unpaired) electrons. The number of amides is 3. The quantitative estimate of drug-likeness (QED) is 0.618. The van der Waals surface area contributed by atoms with Gasteiger partial charge in [0.15, 0.2) is 0 Å². The zero-order chi connectivity index (χ0) is 22.5. The Bertz CT molecular complexity index is 993. The Labute approximate surface area is 190 Å². The van der Waals surface area contributed by atoms with Crippen LogP contribution in [0.2, 0.25) is 0 Å². The predicted octanol–water partition coefficient (Wildman–Crippen LogP) is 3.98. The summed E-state index contributed by atoms with van der Waals surface area (Å²) in [6, 6.07) is 11.5. The molecular weight excluding hydrogens is 462 g/mol. The molecule has 1 aliphatic heterocycles. The van der Waals surface area contributed by atoms with Crippen LogP contribution >= 0.6 is 15.9 Å². The lowest BCUT2D eigenvalue weighted by Crippen LogP contribution is -2.47. The maximum absolute atomic E-state index is 13.0. The molecule has 0 aromatic heterocycles. The van der Waals surface area contributed by atoms with Gasteiger partial charge in [0.25, 0.3) is 5.91 Å². The fourth-order valence-corrected chi connectivity index (χ4v) is 3.97. The Morgan fingerprint density at radius 2 is 1.90 bits per heavy atom. The number of hydrogen-bond acceptors (Lipinski definition) is 4. The first-order valence-corrected chi connectivity index (χ1v) is 11.0. The van der Waals surface area contributed by atoms with Crippen LogP contribution in [-0.2, 0) is 9.59 Å². The van der Waals surface area contributed by atoms with Crippen molar-refractivity contribution >= 4 is 45.0 Å². The molecule has 1 heterocycles. The molecule has 3 amide bonds. The van der Waals surface area contributed by atoms with Crippen molar-refractivity contribution in [2.75, 3.05) is 23.9 Å². The molecule has 0 unspecified atom stereocenters. The maximum Gasteiger partial charge on any atom is 0.253 e. The van der Waals surface area contributed by atoms with Gasteiger partial charge in [0.05, 0.1) is 18.4 Å².